The summed E-state index contributed by atoms with van der Waals surface area (Å²) in [4.78, 5) is 38.9. The zero-order valence-electron chi connectivity index (χ0n) is 24.5. The first-order valence-corrected chi connectivity index (χ1v) is 17.7. The summed E-state index contributed by atoms with van der Waals surface area (Å²) in [7, 11) is -6.32. The van der Waals surface area contributed by atoms with E-state index in [1.54, 1.807) is 18.2 Å². The highest BCUT2D eigenvalue weighted by Crippen LogP contribution is 2.29. The molecule has 2 saturated heterocycles. The smallest absolute Gasteiger partial charge is 0.326 e. The number of carbonyl (C=O) groups excluding carboxylic acids is 3. The van der Waals surface area contributed by atoms with Gasteiger partial charge in [-0.3, -0.25) is 19.2 Å². The summed E-state index contributed by atoms with van der Waals surface area (Å²) < 4.78 is 53.7. The van der Waals surface area contributed by atoms with Crippen LogP contribution in [-0.4, -0.2) is 78.5 Å². The van der Waals surface area contributed by atoms with E-state index in [9.17, 15) is 31.2 Å². The van der Waals surface area contributed by atoms with E-state index in [2.05, 4.69) is 16.0 Å². The molecule has 0 spiro atoms. The van der Waals surface area contributed by atoms with Gasteiger partial charge in [0.1, 0.15) is 5.70 Å². The van der Waals surface area contributed by atoms with Crippen LogP contribution < -0.4 is 25.2 Å². The van der Waals surface area contributed by atoms with Crippen LogP contribution in [0.4, 0.5) is 21.9 Å². The Morgan fingerprint density at radius 3 is 2.09 bits per heavy atom. The van der Waals surface area contributed by atoms with Gasteiger partial charge in [0, 0.05) is 54.6 Å². The van der Waals surface area contributed by atoms with Crippen LogP contribution in [0.2, 0.25) is 10.0 Å². The van der Waals surface area contributed by atoms with Crippen molar-refractivity contribution in [2.75, 3.05) is 54.0 Å². The van der Waals surface area contributed by atoms with Gasteiger partial charge in [-0.1, -0.05) is 29.3 Å². The number of piperazine rings is 1. The molecule has 2 aliphatic rings. The summed E-state index contributed by atoms with van der Waals surface area (Å²) >= 11 is 12.2. The molecule has 242 valence electrons. The molecule has 0 aromatic heterocycles. The van der Waals surface area contributed by atoms with E-state index in [1.165, 1.54) is 59.9 Å². The quantitative estimate of drug-likeness (QED) is 0.237. The third kappa shape index (κ3) is 7.29. The number of urea groups is 1. The fourth-order valence-electron chi connectivity index (χ4n) is 4.89. The molecule has 17 heteroatoms. The van der Waals surface area contributed by atoms with E-state index in [4.69, 9.17) is 23.2 Å². The van der Waals surface area contributed by atoms with Crippen molar-refractivity contribution >= 4 is 84.2 Å². The highest BCUT2D eigenvalue weighted by atomic mass is 35.5. The second-order valence-electron chi connectivity index (χ2n) is 10.5. The Labute approximate surface area is 275 Å². The van der Waals surface area contributed by atoms with Crippen LogP contribution in [0.5, 0.6) is 0 Å². The zero-order valence-corrected chi connectivity index (χ0v) is 27.6. The summed E-state index contributed by atoms with van der Waals surface area (Å²) in [5.74, 6) is -1.35. The SMILES string of the molecule is CN(c1ccc(/C=C2\NC(=O)NC2=O)cc1C(=O)Nc1ccc(S(=O)(=O)N2CCN(c3cc(Cl)cc(Cl)c3)CC2)cc1)S(C)(=O)=O. The van der Waals surface area contributed by atoms with Crippen LogP contribution in [0, 0.1) is 0 Å². The number of benzene rings is 3. The van der Waals surface area contributed by atoms with E-state index in [-0.39, 0.29) is 40.6 Å². The maximum absolute atomic E-state index is 13.4. The molecule has 0 atom stereocenters. The van der Waals surface area contributed by atoms with Gasteiger partial charge in [0.25, 0.3) is 11.8 Å². The van der Waals surface area contributed by atoms with Crippen LogP contribution in [0.25, 0.3) is 6.08 Å². The van der Waals surface area contributed by atoms with Crippen molar-refractivity contribution in [2.24, 2.45) is 0 Å². The number of carbonyl (C=O) groups is 3. The van der Waals surface area contributed by atoms with Gasteiger partial charge < -0.3 is 15.5 Å². The predicted octanol–water partition coefficient (Wildman–Crippen LogP) is 3.33. The van der Waals surface area contributed by atoms with E-state index in [0.717, 1.165) is 16.2 Å². The Balaban J connectivity index is 1.33. The number of rotatable bonds is 8. The number of nitrogens with one attached hydrogen (secondary N) is 3. The topological polar surface area (TPSA) is 165 Å². The standard InChI is InChI=1S/C29H28Cl2N6O7S2/c1-35(45(2,41)42)26-8-3-18(14-25-28(39)34-29(40)33-25)13-24(26)27(38)32-21-4-6-23(7-5-21)46(43,44)37-11-9-36(10-12-37)22-16-19(30)15-20(31)17-22/h3-8,13-17H,9-12H2,1-2H3,(H,32,38)(H2,33,34,39,40)/b25-14-. The maximum Gasteiger partial charge on any atom is 0.326 e. The van der Waals surface area contributed by atoms with Crippen LogP contribution in [-0.2, 0) is 24.8 Å². The van der Waals surface area contributed by atoms with Crippen molar-refractivity contribution in [3.05, 3.63) is 87.5 Å². The number of hydrogen-bond acceptors (Lipinski definition) is 8. The minimum atomic E-state index is -3.84. The van der Waals surface area contributed by atoms with E-state index >= 15 is 0 Å². The van der Waals surface area contributed by atoms with Crippen molar-refractivity contribution in [3.63, 3.8) is 0 Å². The fraction of sp³-hybridized carbons (Fsp3) is 0.207. The Kier molecular flexibility index (Phi) is 9.33. The number of nitrogens with zero attached hydrogens (tertiary/aromatic N) is 3. The molecule has 5 rings (SSSR count). The molecule has 2 fully saturated rings. The van der Waals surface area contributed by atoms with Crippen LogP contribution in [0.15, 0.2) is 71.3 Å². The van der Waals surface area contributed by atoms with Gasteiger partial charge in [-0.2, -0.15) is 4.31 Å². The molecule has 3 N–H and O–H groups in total. The number of imide groups is 1. The van der Waals surface area contributed by atoms with Gasteiger partial charge in [-0.25, -0.2) is 21.6 Å². The van der Waals surface area contributed by atoms with Crippen molar-refractivity contribution in [1.29, 1.82) is 0 Å². The van der Waals surface area contributed by atoms with Gasteiger partial charge in [-0.15, -0.1) is 0 Å². The van der Waals surface area contributed by atoms with Gasteiger partial charge in [-0.05, 0) is 66.2 Å². The first-order chi connectivity index (χ1) is 21.6. The molecule has 0 saturated carbocycles. The fourth-order valence-corrected chi connectivity index (χ4v) is 7.35. The average molecular weight is 708 g/mol. The Hall–Kier alpha value is -4.15. The summed E-state index contributed by atoms with van der Waals surface area (Å²) in [6.45, 7) is 1.33. The van der Waals surface area contributed by atoms with Crippen molar-refractivity contribution < 1.29 is 31.2 Å². The summed E-state index contributed by atoms with van der Waals surface area (Å²) in [5.41, 5.74) is 1.35. The normalized spacial score (nSPS) is 16.7. The number of sulfonamides is 2. The highest BCUT2D eigenvalue weighted by molar-refractivity contribution is 7.92. The lowest BCUT2D eigenvalue weighted by Gasteiger charge is -2.35. The largest absolute Gasteiger partial charge is 0.369 e. The molecule has 2 heterocycles. The zero-order chi connectivity index (χ0) is 33.4. The first-order valence-electron chi connectivity index (χ1n) is 13.7. The molecular formula is C29H28Cl2N6O7S2. The second-order valence-corrected chi connectivity index (χ2v) is 15.3. The van der Waals surface area contributed by atoms with Crippen LogP contribution >= 0.6 is 23.2 Å². The van der Waals surface area contributed by atoms with Gasteiger partial charge >= 0.3 is 6.03 Å². The number of anilines is 3. The van der Waals surface area contributed by atoms with E-state index in [1.807, 2.05) is 4.90 Å². The number of halogens is 2. The monoisotopic (exact) mass is 706 g/mol. The highest BCUT2D eigenvalue weighted by Gasteiger charge is 2.29. The summed E-state index contributed by atoms with van der Waals surface area (Å²) in [5, 5.41) is 8.06. The lowest BCUT2D eigenvalue weighted by atomic mass is 10.1. The molecule has 13 nitrogen and oxygen atoms in total. The molecule has 3 aromatic rings. The van der Waals surface area contributed by atoms with Gasteiger partial charge in [0.15, 0.2) is 0 Å². The Bertz CT molecular complexity index is 1960. The maximum atomic E-state index is 13.4. The van der Waals surface area contributed by atoms with Crippen molar-refractivity contribution in [3.8, 4) is 0 Å². The molecule has 2 aliphatic heterocycles. The van der Waals surface area contributed by atoms with Crippen molar-refractivity contribution in [2.45, 2.75) is 4.90 Å². The number of hydrogen-bond donors (Lipinski definition) is 3. The van der Waals surface area contributed by atoms with Crippen LogP contribution in [0.3, 0.4) is 0 Å². The molecule has 0 aliphatic carbocycles. The third-order valence-electron chi connectivity index (χ3n) is 7.33. The molecule has 0 unspecified atom stereocenters. The average Bonchev–Trinajstić information content (AvgIpc) is 3.31. The molecule has 3 aromatic carbocycles. The molecule has 0 radical (unpaired) electrons. The molecule has 0 bridgehead atoms. The summed E-state index contributed by atoms with van der Waals surface area (Å²) in [6, 6.07) is 14.3. The second kappa shape index (κ2) is 12.9. The van der Waals surface area contributed by atoms with E-state index in [0.29, 0.717) is 28.7 Å². The molecule has 4 amide bonds. The van der Waals surface area contributed by atoms with E-state index < -0.39 is 37.9 Å². The molecule has 46 heavy (non-hydrogen) atoms. The predicted molar refractivity (Wildman–Crippen MR) is 176 cm³/mol. The third-order valence-corrected chi connectivity index (χ3v) is 10.9. The lowest BCUT2D eigenvalue weighted by Crippen LogP contribution is -2.48. The first kappa shape index (κ1) is 33.2. The van der Waals surface area contributed by atoms with Gasteiger partial charge in [0.2, 0.25) is 20.0 Å². The number of amides is 4. The van der Waals surface area contributed by atoms with Gasteiger partial charge in [0.05, 0.1) is 22.4 Å². The summed E-state index contributed by atoms with van der Waals surface area (Å²) in [6.07, 6.45) is 2.32. The minimum absolute atomic E-state index is 0.0350. The minimum Gasteiger partial charge on any atom is -0.369 e. The lowest BCUT2D eigenvalue weighted by molar-refractivity contribution is -0.115. The van der Waals surface area contributed by atoms with Crippen molar-refractivity contribution in [1.82, 2.24) is 14.9 Å². The van der Waals surface area contributed by atoms with Crippen LogP contribution in [0.1, 0.15) is 15.9 Å². The Morgan fingerprint density at radius 1 is 0.891 bits per heavy atom. The molecular weight excluding hydrogens is 679 g/mol. The Morgan fingerprint density at radius 2 is 1.52 bits per heavy atom.